The van der Waals surface area contributed by atoms with E-state index in [0.29, 0.717) is 17.7 Å². The number of carbonyl (C=O) groups is 2. The summed E-state index contributed by atoms with van der Waals surface area (Å²) in [6.07, 6.45) is 0.611. The minimum absolute atomic E-state index is 0.0628. The fourth-order valence-electron chi connectivity index (χ4n) is 3.08. The van der Waals surface area contributed by atoms with Crippen LogP contribution in [0.1, 0.15) is 23.5 Å². The van der Waals surface area contributed by atoms with Crippen LogP contribution in [0.4, 0.5) is 14.5 Å². The Bertz CT molecular complexity index is 807. The van der Waals surface area contributed by atoms with Crippen LogP contribution in [-0.2, 0) is 16.0 Å². The summed E-state index contributed by atoms with van der Waals surface area (Å²) >= 11 is 0. The number of carboxylic acid groups (broad SMARTS) is 1. The molecule has 0 aliphatic carbocycles. The summed E-state index contributed by atoms with van der Waals surface area (Å²) in [7, 11) is 0. The van der Waals surface area contributed by atoms with Gasteiger partial charge in [-0.1, -0.05) is 30.3 Å². The number of halogens is 2. The number of hydrogen-bond donors (Lipinski definition) is 1. The lowest BCUT2D eigenvalue weighted by molar-refractivity contribution is -0.138. The molecule has 2 aromatic rings. The standard InChI is InChI=1S/C19H17F2NO4/c20-19(21)26-13-8-5-12(6-9-13)7-10-17(23)22-11-15(18(24)25)14-3-1-2-4-16(14)22/h1-6,8-9,15,19H,7,10-11H2,(H,24,25). The summed E-state index contributed by atoms with van der Waals surface area (Å²) in [5, 5.41) is 9.35. The first-order valence-electron chi connectivity index (χ1n) is 8.11. The van der Waals surface area contributed by atoms with Crippen LogP contribution in [0.2, 0.25) is 0 Å². The molecule has 26 heavy (non-hydrogen) atoms. The lowest BCUT2D eigenvalue weighted by Gasteiger charge is -2.17. The molecule has 0 saturated carbocycles. The molecule has 0 saturated heterocycles. The van der Waals surface area contributed by atoms with Crippen molar-refractivity contribution in [2.75, 3.05) is 11.4 Å². The minimum Gasteiger partial charge on any atom is -0.481 e. The van der Waals surface area contributed by atoms with Gasteiger partial charge in [0, 0.05) is 18.7 Å². The molecular weight excluding hydrogens is 344 g/mol. The largest absolute Gasteiger partial charge is 0.481 e. The number of benzene rings is 2. The van der Waals surface area contributed by atoms with E-state index < -0.39 is 18.5 Å². The van der Waals surface area contributed by atoms with E-state index >= 15 is 0 Å². The molecular formula is C19H17F2NO4. The Labute approximate surface area is 148 Å². The molecule has 1 aliphatic rings. The monoisotopic (exact) mass is 361 g/mol. The number of alkyl halides is 2. The Morgan fingerprint density at radius 3 is 2.50 bits per heavy atom. The third-order valence-electron chi connectivity index (χ3n) is 4.34. The molecule has 0 spiro atoms. The van der Waals surface area contributed by atoms with E-state index in [4.69, 9.17) is 0 Å². The quantitative estimate of drug-likeness (QED) is 0.856. The maximum absolute atomic E-state index is 12.6. The number of carbonyl (C=O) groups excluding carboxylic acids is 1. The average molecular weight is 361 g/mol. The number of hydrogen-bond acceptors (Lipinski definition) is 3. The molecule has 5 nitrogen and oxygen atoms in total. The van der Waals surface area contributed by atoms with Crippen molar-refractivity contribution in [1.82, 2.24) is 0 Å². The van der Waals surface area contributed by atoms with E-state index in [-0.39, 0.29) is 24.6 Å². The SMILES string of the molecule is O=C(O)C1CN(C(=O)CCc2ccc(OC(F)F)cc2)c2ccccc21. The molecule has 1 aliphatic heterocycles. The Kier molecular flexibility index (Phi) is 5.16. The van der Waals surface area contributed by atoms with Gasteiger partial charge >= 0.3 is 12.6 Å². The normalized spacial score (nSPS) is 15.8. The zero-order valence-electron chi connectivity index (χ0n) is 13.8. The molecule has 0 radical (unpaired) electrons. The smallest absolute Gasteiger partial charge is 0.387 e. The Morgan fingerprint density at radius 1 is 1.15 bits per heavy atom. The number of aryl methyl sites for hydroxylation is 1. The molecule has 0 aromatic heterocycles. The van der Waals surface area contributed by atoms with Crippen molar-refractivity contribution in [2.45, 2.75) is 25.4 Å². The maximum Gasteiger partial charge on any atom is 0.387 e. The first kappa shape index (κ1) is 17.8. The van der Waals surface area contributed by atoms with Crippen molar-refractivity contribution < 1.29 is 28.2 Å². The maximum atomic E-state index is 12.6. The highest BCUT2D eigenvalue weighted by Gasteiger charge is 2.35. The second-order valence-electron chi connectivity index (χ2n) is 5.98. The lowest BCUT2D eigenvalue weighted by Crippen LogP contribution is -2.31. The van der Waals surface area contributed by atoms with Crippen molar-refractivity contribution in [3.63, 3.8) is 0 Å². The highest BCUT2D eigenvalue weighted by atomic mass is 19.3. The number of rotatable bonds is 6. The van der Waals surface area contributed by atoms with Crippen molar-refractivity contribution >= 4 is 17.6 Å². The van der Waals surface area contributed by atoms with Gasteiger partial charge in [0.1, 0.15) is 11.7 Å². The molecule has 1 amide bonds. The lowest BCUT2D eigenvalue weighted by atomic mass is 10.0. The average Bonchev–Trinajstić information content (AvgIpc) is 3.00. The molecule has 136 valence electrons. The van der Waals surface area contributed by atoms with Crippen LogP contribution in [0, 0.1) is 0 Å². The van der Waals surface area contributed by atoms with E-state index in [9.17, 15) is 23.5 Å². The van der Waals surface area contributed by atoms with Gasteiger partial charge in [-0.15, -0.1) is 0 Å². The second-order valence-corrected chi connectivity index (χ2v) is 5.98. The van der Waals surface area contributed by atoms with Crippen LogP contribution in [0.15, 0.2) is 48.5 Å². The van der Waals surface area contributed by atoms with Crippen LogP contribution in [0.3, 0.4) is 0 Å². The highest BCUT2D eigenvalue weighted by molar-refractivity contribution is 5.99. The number of amides is 1. The summed E-state index contributed by atoms with van der Waals surface area (Å²) in [6.45, 7) is -2.76. The first-order valence-corrected chi connectivity index (χ1v) is 8.11. The van der Waals surface area contributed by atoms with Gasteiger partial charge in [0.25, 0.3) is 0 Å². The van der Waals surface area contributed by atoms with Crippen LogP contribution in [0.5, 0.6) is 5.75 Å². The summed E-state index contributed by atoms with van der Waals surface area (Å²) < 4.78 is 28.6. The van der Waals surface area contributed by atoms with Crippen LogP contribution in [0.25, 0.3) is 0 Å². The third kappa shape index (κ3) is 3.82. The topological polar surface area (TPSA) is 66.8 Å². The van der Waals surface area contributed by atoms with E-state index in [0.717, 1.165) is 5.56 Å². The highest BCUT2D eigenvalue weighted by Crippen LogP contribution is 2.36. The number of ether oxygens (including phenoxy) is 1. The predicted molar refractivity (Wildman–Crippen MR) is 90.6 cm³/mol. The summed E-state index contributed by atoms with van der Waals surface area (Å²) in [5.41, 5.74) is 2.08. The van der Waals surface area contributed by atoms with Crippen LogP contribution >= 0.6 is 0 Å². The number of aliphatic carboxylic acids is 1. The van der Waals surface area contributed by atoms with Gasteiger partial charge in [-0.3, -0.25) is 9.59 Å². The molecule has 7 heteroatoms. The third-order valence-corrected chi connectivity index (χ3v) is 4.34. The molecule has 1 unspecified atom stereocenters. The molecule has 1 heterocycles. The van der Waals surface area contributed by atoms with Gasteiger partial charge in [-0.2, -0.15) is 8.78 Å². The van der Waals surface area contributed by atoms with E-state index in [2.05, 4.69) is 4.74 Å². The summed E-state index contributed by atoms with van der Waals surface area (Å²) in [6, 6.07) is 13.1. The molecule has 0 fully saturated rings. The van der Waals surface area contributed by atoms with E-state index in [1.54, 1.807) is 36.4 Å². The summed E-state index contributed by atoms with van der Waals surface area (Å²) in [4.78, 5) is 25.5. The minimum atomic E-state index is -2.88. The van der Waals surface area contributed by atoms with Gasteiger partial charge < -0.3 is 14.7 Å². The van der Waals surface area contributed by atoms with Crippen molar-refractivity contribution in [1.29, 1.82) is 0 Å². The zero-order valence-corrected chi connectivity index (χ0v) is 13.8. The van der Waals surface area contributed by atoms with Crippen LogP contribution < -0.4 is 9.64 Å². The number of nitrogens with zero attached hydrogens (tertiary/aromatic N) is 1. The summed E-state index contributed by atoms with van der Waals surface area (Å²) in [5.74, 6) is -1.79. The first-order chi connectivity index (χ1) is 12.5. The van der Waals surface area contributed by atoms with Gasteiger partial charge in [-0.05, 0) is 35.7 Å². The van der Waals surface area contributed by atoms with Gasteiger partial charge in [0.15, 0.2) is 0 Å². The van der Waals surface area contributed by atoms with Crippen LogP contribution in [-0.4, -0.2) is 30.1 Å². The Balaban J connectivity index is 1.65. The van der Waals surface area contributed by atoms with Crippen molar-refractivity contribution in [3.05, 3.63) is 59.7 Å². The van der Waals surface area contributed by atoms with Gasteiger partial charge in [-0.25, -0.2) is 0 Å². The Hall–Kier alpha value is -2.96. The van der Waals surface area contributed by atoms with E-state index in [1.807, 2.05) is 0 Å². The molecule has 1 N–H and O–H groups in total. The molecule has 3 rings (SSSR count). The molecule has 1 atom stereocenters. The van der Waals surface area contributed by atoms with E-state index in [1.165, 1.54) is 17.0 Å². The fourth-order valence-corrected chi connectivity index (χ4v) is 3.08. The van der Waals surface area contributed by atoms with Crippen molar-refractivity contribution in [3.8, 4) is 5.75 Å². The second kappa shape index (κ2) is 7.51. The van der Waals surface area contributed by atoms with Crippen molar-refractivity contribution in [2.24, 2.45) is 0 Å². The van der Waals surface area contributed by atoms with Gasteiger partial charge in [0.05, 0.1) is 0 Å². The number of fused-ring (bicyclic) bond motifs is 1. The number of carboxylic acids is 1. The van der Waals surface area contributed by atoms with Gasteiger partial charge in [0.2, 0.25) is 5.91 Å². The predicted octanol–water partition coefficient (Wildman–Crippen LogP) is 3.44. The number of anilines is 1. The fraction of sp³-hybridized carbons (Fsp3) is 0.263. The number of para-hydroxylation sites is 1. The molecule has 0 bridgehead atoms. The zero-order chi connectivity index (χ0) is 18.7. The Morgan fingerprint density at radius 2 is 1.85 bits per heavy atom. The molecule has 2 aromatic carbocycles.